The molecular weight excluding hydrogens is 512 g/mol. The third-order valence-corrected chi connectivity index (χ3v) is 9.16. The minimum atomic E-state index is 0.415. The van der Waals surface area contributed by atoms with Crippen LogP contribution in [-0.2, 0) is 18.9 Å². The summed E-state index contributed by atoms with van der Waals surface area (Å²) in [6.45, 7) is 10.5. The van der Waals surface area contributed by atoms with Gasteiger partial charge < -0.3 is 28.7 Å². The van der Waals surface area contributed by atoms with Gasteiger partial charge in [-0.15, -0.1) is 0 Å². The highest BCUT2D eigenvalue weighted by molar-refractivity contribution is 5.51. The highest BCUT2D eigenvalue weighted by atomic mass is 16.6. The first-order chi connectivity index (χ1) is 20.2. The van der Waals surface area contributed by atoms with Crippen LogP contribution >= 0.6 is 0 Å². The molecule has 4 fully saturated rings. The van der Waals surface area contributed by atoms with Crippen LogP contribution in [0.25, 0.3) is 0 Å². The standard InChI is InChI=1S/C35H50N2O4/c1-2-35(27-11-15-29(16-12-27)36(19-3-7-31-23-38-31)20-4-8-32-24-39-32)28-13-17-30(18-14-28)37(21-5-9-33-25-40-33)22-6-10-34-26-41-34/h11-18,31-35H,2-10,19-26H2,1H3. The zero-order valence-corrected chi connectivity index (χ0v) is 25.1. The van der Waals surface area contributed by atoms with E-state index in [-0.39, 0.29) is 0 Å². The predicted molar refractivity (Wildman–Crippen MR) is 165 cm³/mol. The molecule has 0 saturated carbocycles. The van der Waals surface area contributed by atoms with Gasteiger partial charge in [-0.1, -0.05) is 31.2 Å². The van der Waals surface area contributed by atoms with E-state index in [9.17, 15) is 0 Å². The van der Waals surface area contributed by atoms with Crippen molar-refractivity contribution in [2.75, 3.05) is 62.4 Å². The molecule has 0 radical (unpaired) electrons. The molecule has 224 valence electrons. The Bertz CT molecular complexity index is 925. The number of epoxide rings is 4. The molecule has 41 heavy (non-hydrogen) atoms. The van der Waals surface area contributed by atoms with Gasteiger partial charge in [-0.2, -0.15) is 0 Å². The summed E-state index contributed by atoms with van der Waals surface area (Å²) >= 11 is 0. The summed E-state index contributed by atoms with van der Waals surface area (Å²) in [7, 11) is 0. The van der Waals surface area contributed by atoms with E-state index in [2.05, 4.69) is 65.3 Å². The van der Waals surface area contributed by atoms with Gasteiger partial charge in [0.2, 0.25) is 0 Å². The minimum absolute atomic E-state index is 0.415. The van der Waals surface area contributed by atoms with Crippen molar-refractivity contribution in [2.45, 2.75) is 95.0 Å². The van der Waals surface area contributed by atoms with Crippen molar-refractivity contribution in [3.8, 4) is 0 Å². The Balaban J connectivity index is 1.07. The van der Waals surface area contributed by atoms with Crippen LogP contribution in [0.15, 0.2) is 48.5 Å². The van der Waals surface area contributed by atoms with Crippen LogP contribution in [0.2, 0.25) is 0 Å². The second-order valence-corrected chi connectivity index (χ2v) is 12.5. The Hall–Kier alpha value is -2.12. The molecule has 4 unspecified atom stereocenters. The first kappa shape index (κ1) is 29.0. The molecule has 0 aromatic heterocycles. The number of ether oxygens (including phenoxy) is 4. The predicted octanol–water partition coefficient (Wildman–Crippen LogP) is 6.56. The summed E-state index contributed by atoms with van der Waals surface area (Å²) in [6, 6.07) is 18.9. The molecule has 0 aliphatic carbocycles. The van der Waals surface area contributed by atoms with Gasteiger partial charge in [-0.05, 0) is 93.2 Å². The molecule has 4 saturated heterocycles. The van der Waals surface area contributed by atoms with Crippen LogP contribution < -0.4 is 9.80 Å². The van der Waals surface area contributed by atoms with Crippen molar-refractivity contribution >= 4 is 11.4 Å². The molecule has 6 nitrogen and oxygen atoms in total. The van der Waals surface area contributed by atoms with Crippen LogP contribution in [0.4, 0.5) is 11.4 Å². The molecule has 6 rings (SSSR count). The average molecular weight is 563 g/mol. The monoisotopic (exact) mass is 562 g/mol. The molecule has 0 spiro atoms. The average Bonchev–Trinajstić information content (AvgIpc) is 3.82. The van der Waals surface area contributed by atoms with E-state index in [4.69, 9.17) is 18.9 Å². The van der Waals surface area contributed by atoms with Gasteiger partial charge in [-0.25, -0.2) is 0 Å². The summed E-state index contributed by atoms with van der Waals surface area (Å²) in [6.07, 6.45) is 12.6. The molecule has 4 atom stereocenters. The Labute approximate surface area is 247 Å². The lowest BCUT2D eigenvalue weighted by molar-refractivity contribution is 0.387. The fourth-order valence-electron chi connectivity index (χ4n) is 6.22. The number of anilines is 2. The normalized spacial score (nSPS) is 24.6. The van der Waals surface area contributed by atoms with Crippen LogP contribution in [0, 0.1) is 0 Å². The third-order valence-electron chi connectivity index (χ3n) is 9.16. The largest absolute Gasteiger partial charge is 0.373 e. The first-order valence-corrected chi connectivity index (χ1v) is 16.4. The highest BCUT2D eigenvalue weighted by Crippen LogP contribution is 2.32. The number of hydrogen-bond acceptors (Lipinski definition) is 6. The zero-order valence-electron chi connectivity index (χ0n) is 25.1. The Morgan fingerprint density at radius 3 is 1.07 bits per heavy atom. The van der Waals surface area contributed by atoms with E-state index >= 15 is 0 Å². The number of nitrogens with zero attached hydrogens (tertiary/aromatic N) is 2. The van der Waals surface area contributed by atoms with E-state index < -0.39 is 0 Å². The second-order valence-electron chi connectivity index (χ2n) is 12.5. The Kier molecular flexibility index (Phi) is 10.2. The van der Waals surface area contributed by atoms with E-state index in [1.165, 1.54) is 73.9 Å². The van der Waals surface area contributed by atoms with Gasteiger partial charge >= 0.3 is 0 Å². The van der Waals surface area contributed by atoms with Crippen LogP contribution in [0.5, 0.6) is 0 Å². The van der Waals surface area contributed by atoms with Crippen molar-refractivity contribution in [3.63, 3.8) is 0 Å². The van der Waals surface area contributed by atoms with Gasteiger partial charge in [0.25, 0.3) is 0 Å². The SMILES string of the molecule is CCC(c1ccc(N(CCCC2CO2)CCCC2CO2)cc1)c1ccc(N(CCCC2CO2)CCCC2CO2)cc1. The molecule has 0 N–H and O–H groups in total. The molecule has 4 aliphatic heterocycles. The molecule has 4 heterocycles. The maximum absolute atomic E-state index is 5.44. The van der Waals surface area contributed by atoms with Gasteiger partial charge in [0.15, 0.2) is 0 Å². The molecule has 0 amide bonds. The van der Waals surface area contributed by atoms with E-state index in [1.54, 1.807) is 0 Å². The lowest BCUT2D eigenvalue weighted by Crippen LogP contribution is -2.26. The maximum Gasteiger partial charge on any atom is 0.0810 e. The van der Waals surface area contributed by atoms with Crippen LogP contribution in [0.3, 0.4) is 0 Å². The minimum Gasteiger partial charge on any atom is -0.373 e. The van der Waals surface area contributed by atoms with Crippen LogP contribution in [0.1, 0.15) is 81.8 Å². The second kappa shape index (κ2) is 14.4. The molecule has 6 heteroatoms. The van der Waals surface area contributed by atoms with Gasteiger partial charge in [0.1, 0.15) is 0 Å². The van der Waals surface area contributed by atoms with E-state index in [1.807, 2.05) is 0 Å². The van der Waals surface area contributed by atoms with Gasteiger partial charge in [0.05, 0.1) is 50.8 Å². The van der Waals surface area contributed by atoms with E-state index in [0.717, 1.165) is 59.0 Å². The summed E-state index contributed by atoms with van der Waals surface area (Å²) in [5.74, 6) is 0.415. The molecular formula is C35H50N2O4. The fourth-order valence-corrected chi connectivity index (χ4v) is 6.22. The summed E-state index contributed by atoms with van der Waals surface area (Å²) < 4.78 is 21.8. The summed E-state index contributed by atoms with van der Waals surface area (Å²) in [4.78, 5) is 5.15. The van der Waals surface area contributed by atoms with Crippen LogP contribution in [-0.4, -0.2) is 77.0 Å². The van der Waals surface area contributed by atoms with Crippen molar-refractivity contribution in [1.82, 2.24) is 0 Å². The maximum atomic E-state index is 5.44. The zero-order chi connectivity index (χ0) is 27.9. The summed E-state index contributed by atoms with van der Waals surface area (Å²) in [5.41, 5.74) is 5.51. The topological polar surface area (TPSA) is 56.6 Å². The lowest BCUT2D eigenvalue weighted by Gasteiger charge is -2.27. The molecule has 4 aliphatic rings. The molecule has 2 aromatic carbocycles. The van der Waals surface area contributed by atoms with Gasteiger partial charge in [0, 0.05) is 43.5 Å². The fraction of sp³-hybridized carbons (Fsp3) is 0.657. The highest BCUT2D eigenvalue weighted by Gasteiger charge is 2.25. The number of benzene rings is 2. The van der Waals surface area contributed by atoms with Crippen molar-refractivity contribution in [1.29, 1.82) is 0 Å². The Morgan fingerprint density at radius 1 is 0.537 bits per heavy atom. The quantitative estimate of drug-likeness (QED) is 0.161. The van der Waals surface area contributed by atoms with Crippen molar-refractivity contribution in [2.24, 2.45) is 0 Å². The lowest BCUT2D eigenvalue weighted by atomic mass is 9.89. The van der Waals surface area contributed by atoms with E-state index in [0.29, 0.717) is 30.3 Å². The van der Waals surface area contributed by atoms with Gasteiger partial charge in [-0.3, -0.25) is 0 Å². The smallest absolute Gasteiger partial charge is 0.0810 e. The molecule has 0 bridgehead atoms. The third kappa shape index (κ3) is 9.44. The molecule has 2 aromatic rings. The Morgan fingerprint density at radius 2 is 0.829 bits per heavy atom. The van der Waals surface area contributed by atoms with Crippen molar-refractivity contribution in [3.05, 3.63) is 59.7 Å². The first-order valence-electron chi connectivity index (χ1n) is 16.4. The number of rotatable bonds is 21. The van der Waals surface area contributed by atoms with Crippen molar-refractivity contribution < 1.29 is 18.9 Å². The number of hydrogen-bond donors (Lipinski definition) is 0. The summed E-state index contributed by atoms with van der Waals surface area (Å²) in [5, 5.41) is 0.